The Morgan fingerprint density at radius 3 is 2.43 bits per heavy atom. The van der Waals surface area contributed by atoms with Crippen LogP contribution in [0.2, 0.25) is 0 Å². The fourth-order valence-corrected chi connectivity index (χ4v) is 3.62. The van der Waals surface area contributed by atoms with Crippen LogP contribution in [0.5, 0.6) is 0 Å². The van der Waals surface area contributed by atoms with E-state index in [1.165, 1.54) is 17.5 Å². The van der Waals surface area contributed by atoms with Gasteiger partial charge in [0.25, 0.3) is 5.91 Å². The van der Waals surface area contributed by atoms with E-state index in [0.717, 1.165) is 0 Å². The van der Waals surface area contributed by atoms with Gasteiger partial charge < -0.3 is 0 Å². The number of rotatable bonds is 5. The SMILES string of the molecule is N#CCC=S(=O)(NC(=O)c1ccccc1C=O)c1ccccc1. The summed E-state index contributed by atoms with van der Waals surface area (Å²) in [5.74, 6) is -0.629. The first-order valence-corrected chi connectivity index (χ1v) is 8.38. The molecule has 0 aliphatic rings. The van der Waals surface area contributed by atoms with Crippen LogP contribution in [0.25, 0.3) is 0 Å². The molecular formula is C17H14N2O3S. The van der Waals surface area contributed by atoms with Gasteiger partial charge in [-0.05, 0) is 18.2 Å². The van der Waals surface area contributed by atoms with E-state index in [0.29, 0.717) is 11.2 Å². The predicted octanol–water partition coefficient (Wildman–Crippen LogP) is 2.20. The van der Waals surface area contributed by atoms with Crippen LogP contribution in [0.4, 0.5) is 0 Å². The highest BCUT2D eigenvalue weighted by Gasteiger charge is 2.17. The number of nitrogens with one attached hydrogen (secondary N) is 1. The van der Waals surface area contributed by atoms with Gasteiger partial charge in [-0.1, -0.05) is 36.4 Å². The molecule has 116 valence electrons. The van der Waals surface area contributed by atoms with Crippen molar-refractivity contribution in [2.45, 2.75) is 11.3 Å². The molecule has 6 heteroatoms. The summed E-state index contributed by atoms with van der Waals surface area (Å²) in [5.41, 5.74) is 0.344. The Hall–Kier alpha value is -2.91. The van der Waals surface area contributed by atoms with Gasteiger partial charge in [0.1, 0.15) is 0 Å². The molecule has 0 saturated carbocycles. The van der Waals surface area contributed by atoms with Gasteiger partial charge >= 0.3 is 0 Å². The number of hydrogen-bond donors (Lipinski definition) is 1. The van der Waals surface area contributed by atoms with Gasteiger partial charge in [0.15, 0.2) is 6.29 Å². The highest BCUT2D eigenvalue weighted by atomic mass is 32.2. The number of nitriles is 1. The summed E-state index contributed by atoms with van der Waals surface area (Å²) in [6, 6.07) is 16.5. The van der Waals surface area contributed by atoms with Crippen molar-refractivity contribution in [3.63, 3.8) is 0 Å². The van der Waals surface area contributed by atoms with E-state index in [1.54, 1.807) is 42.5 Å². The first-order valence-electron chi connectivity index (χ1n) is 6.76. The third-order valence-corrected chi connectivity index (χ3v) is 5.18. The van der Waals surface area contributed by atoms with E-state index >= 15 is 0 Å². The fraction of sp³-hybridized carbons (Fsp3) is 0.0588. The molecule has 0 aliphatic carbocycles. The van der Waals surface area contributed by atoms with Crippen molar-refractivity contribution in [2.75, 3.05) is 0 Å². The molecular weight excluding hydrogens is 312 g/mol. The molecule has 0 aromatic heterocycles. The van der Waals surface area contributed by atoms with Gasteiger partial charge in [-0.2, -0.15) is 5.26 Å². The van der Waals surface area contributed by atoms with Crippen molar-refractivity contribution in [1.29, 1.82) is 5.26 Å². The average molecular weight is 326 g/mol. The normalized spacial score (nSPS) is 12.5. The molecule has 1 atom stereocenters. The van der Waals surface area contributed by atoms with Crippen LogP contribution in [-0.2, 0) is 9.71 Å². The number of carbonyl (C=O) groups excluding carboxylic acids is 2. The molecule has 1 N–H and O–H groups in total. The molecule has 2 aromatic carbocycles. The second-order valence-electron chi connectivity index (χ2n) is 4.58. The Morgan fingerprint density at radius 2 is 1.78 bits per heavy atom. The average Bonchev–Trinajstić information content (AvgIpc) is 2.60. The lowest BCUT2D eigenvalue weighted by Gasteiger charge is -2.14. The summed E-state index contributed by atoms with van der Waals surface area (Å²) in [4.78, 5) is 23.9. The second-order valence-corrected chi connectivity index (χ2v) is 6.79. The molecule has 2 rings (SSSR count). The van der Waals surface area contributed by atoms with Crippen molar-refractivity contribution >= 4 is 27.3 Å². The van der Waals surface area contributed by atoms with Crippen molar-refractivity contribution in [2.24, 2.45) is 0 Å². The highest BCUT2D eigenvalue weighted by molar-refractivity contribution is 8.00. The molecule has 0 fully saturated rings. The summed E-state index contributed by atoms with van der Waals surface area (Å²) >= 11 is 0. The van der Waals surface area contributed by atoms with Crippen LogP contribution in [0.15, 0.2) is 59.5 Å². The lowest BCUT2D eigenvalue weighted by molar-refractivity contribution is 0.0976. The van der Waals surface area contributed by atoms with Gasteiger partial charge in [0.05, 0.1) is 27.8 Å². The fourth-order valence-electron chi connectivity index (χ4n) is 1.97. The van der Waals surface area contributed by atoms with E-state index in [4.69, 9.17) is 5.26 Å². The molecule has 23 heavy (non-hydrogen) atoms. The van der Waals surface area contributed by atoms with E-state index < -0.39 is 15.6 Å². The summed E-state index contributed by atoms with van der Waals surface area (Å²) in [6.07, 6.45) is 0.488. The van der Waals surface area contributed by atoms with Crippen LogP contribution >= 0.6 is 0 Å². The van der Waals surface area contributed by atoms with Crippen LogP contribution in [0.1, 0.15) is 27.1 Å². The number of hydrogen-bond acceptors (Lipinski definition) is 4. The van der Waals surface area contributed by atoms with E-state index in [1.807, 2.05) is 6.07 Å². The Labute approximate surface area is 134 Å². The lowest BCUT2D eigenvalue weighted by atomic mass is 10.1. The van der Waals surface area contributed by atoms with E-state index in [-0.39, 0.29) is 17.5 Å². The molecule has 1 unspecified atom stereocenters. The molecule has 0 radical (unpaired) electrons. The maximum atomic E-state index is 13.1. The number of benzene rings is 2. The van der Waals surface area contributed by atoms with Crippen LogP contribution in [-0.4, -0.2) is 21.8 Å². The lowest BCUT2D eigenvalue weighted by Crippen LogP contribution is -2.32. The summed E-state index contributed by atoms with van der Waals surface area (Å²) in [6.45, 7) is 0. The molecule has 2 aromatic rings. The maximum absolute atomic E-state index is 13.1. The Balaban J connectivity index is 2.44. The molecule has 0 spiro atoms. The third-order valence-electron chi connectivity index (χ3n) is 3.08. The number of amides is 1. The van der Waals surface area contributed by atoms with Crippen LogP contribution in [0.3, 0.4) is 0 Å². The van der Waals surface area contributed by atoms with Crippen molar-refractivity contribution in [3.8, 4) is 6.07 Å². The zero-order valence-corrected chi connectivity index (χ0v) is 13.0. The molecule has 0 saturated heterocycles. The predicted molar refractivity (Wildman–Crippen MR) is 88.4 cm³/mol. The standard InChI is InChI=1S/C17H14N2O3S/c18-11-6-12-23(22,15-8-2-1-3-9-15)19-17(21)16-10-5-4-7-14(16)13-20/h1-5,7-10,12-13H,6H2,(H,19,21,22). The maximum Gasteiger partial charge on any atom is 0.263 e. The number of nitrogens with zero attached hydrogens (tertiary/aromatic N) is 1. The Bertz CT molecular complexity index is 876. The molecule has 1 amide bonds. The van der Waals surface area contributed by atoms with Crippen molar-refractivity contribution < 1.29 is 13.8 Å². The second kappa shape index (κ2) is 7.38. The summed E-state index contributed by atoms with van der Waals surface area (Å²) < 4.78 is 15.6. The molecule has 5 nitrogen and oxygen atoms in total. The van der Waals surface area contributed by atoms with Crippen molar-refractivity contribution in [1.82, 2.24) is 4.72 Å². The summed E-state index contributed by atoms with van der Waals surface area (Å²) in [5, 5.41) is 10.0. The van der Waals surface area contributed by atoms with Crippen molar-refractivity contribution in [3.05, 3.63) is 65.7 Å². The quantitative estimate of drug-likeness (QED) is 0.674. The van der Waals surface area contributed by atoms with E-state index in [9.17, 15) is 13.8 Å². The topological polar surface area (TPSA) is 87.0 Å². The molecule has 0 bridgehead atoms. The van der Waals surface area contributed by atoms with Gasteiger partial charge in [0, 0.05) is 15.8 Å². The first-order chi connectivity index (χ1) is 11.1. The minimum Gasteiger partial charge on any atom is -0.298 e. The molecule has 0 aliphatic heterocycles. The minimum atomic E-state index is -3.07. The van der Waals surface area contributed by atoms with E-state index in [2.05, 4.69) is 4.72 Å². The Morgan fingerprint density at radius 1 is 1.13 bits per heavy atom. The Kier molecular flexibility index (Phi) is 5.28. The van der Waals surface area contributed by atoms with Gasteiger partial charge in [-0.15, -0.1) is 0 Å². The van der Waals surface area contributed by atoms with Gasteiger partial charge in [0.2, 0.25) is 0 Å². The summed E-state index contributed by atoms with van der Waals surface area (Å²) in [7, 11) is -3.07. The zero-order chi connectivity index (χ0) is 16.7. The van der Waals surface area contributed by atoms with Crippen LogP contribution in [0, 0.1) is 11.3 Å². The third kappa shape index (κ3) is 3.84. The van der Waals surface area contributed by atoms with Gasteiger partial charge in [-0.3, -0.25) is 14.3 Å². The zero-order valence-electron chi connectivity index (χ0n) is 12.1. The number of carbonyl (C=O) groups is 2. The monoisotopic (exact) mass is 326 g/mol. The van der Waals surface area contributed by atoms with Crippen LogP contribution < -0.4 is 4.72 Å². The minimum absolute atomic E-state index is 0.0800. The smallest absolute Gasteiger partial charge is 0.263 e. The number of aldehydes is 1. The first kappa shape index (κ1) is 16.5. The highest BCUT2D eigenvalue weighted by Crippen LogP contribution is 2.12. The van der Waals surface area contributed by atoms with Gasteiger partial charge in [-0.25, -0.2) is 4.21 Å². The largest absolute Gasteiger partial charge is 0.298 e. The molecule has 0 heterocycles.